The molecule has 0 saturated heterocycles. The standard InChI is InChI=1S/C27H38O2S.C2H6/c1-19-8-11-23-20(18-19)9-12-25-24(23)14-16-27(2)21(10-13-26(25)27)15-17-30(28,29)22-6-4-3-5-7-22;1-2/h3-7,9,19,21,23-26H,8,10-18H2,1-2H3;1-2H3/t19?,21-,23?,24?,25?,26?,27?;/m1./s1. The summed E-state index contributed by atoms with van der Waals surface area (Å²) in [6, 6.07) is 9.04. The van der Waals surface area contributed by atoms with Crippen LogP contribution < -0.4 is 0 Å². The van der Waals surface area contributed by atoms with Gasteiger partial charge in [-0.2, -0.15) is 0 Å². The molecule has 0 amide bonds. The molecule has 0 bridgehead atoms. The van der Waals surface area contributed by atoms with Gasteiger partial charge in [-0.05, 0) is 111 Å². The molecule has 7 atom stereocenters. The second-order valence-corrected chi connectivity index (χ2v) is 13.3. The highest BCUT2D eigenvalue weighted by Crippen LogP contribution is 2.64. The molecule has 3 heteroatoms. The number of hydrogen-bond donors (Lipinski definition) is 0. The molecule has 3 fully saturated rings. The second-order valence-electron chi connectivity index (χ2n) is 11.2. The summed E-state index contributed by atoms with van der Waals surface area (Å²) < 4.78 is 25.7. The van der Waals surface area contributed by atoms with Crippen molar-refractivity contribution in [3.63, 3.8) is 0 Å². The molecule has 1 aromatic carbocycles. The summed E-state index contributed by atoms with van der Waals surface area (Å²) in [6.45, 7) is 8.94. The van der Waals surface area contributed by atoms with Gasteiger partial charge in [0.2, 0.25) is 0 Å². The number of fused-ring (bicyclic) bond motifs is 5. The average Bonchev–Trinajstić information content (AvgIpc) is 3.15. The Balaban J connectivity index is 0.00000119. The van der Waals surface area contributed by atoms with Crippen molar-refractivity contribution in [1.82, 2.24) is 0 Å². The van der Waals surface area contributed by atoms with Crippen molar-refractivity contribution in [3.05, 3.63) is 42.0 Å². The van der Waals surface area contributed by atoms with Crippen molar-refractivity contribution in [3.8, 4) is 0 Å². The van der Waals surface area contributed by atoms with E-state index < -0.39 is 9.84 Å². The molecule has 6 unspecified atom stereocenters. The lowest BCUT2D eigenvalue weighted by atomic mass is 9.51. The Morgan fingerprint density at radius 1 is 0.969 bits per heavy atom. The van der Waals surface area contributed by atoms with Crippen LogP contribution in [0.4, 0.5) is 0 Å². The predicted molar refractivity (Wildman–Crippen MR) is 134 cm³/mol. The minimum Gasteiger partial charge on any atom is -0.224 e. The van der Waals surface area contributed by atoms with Gasteiger partial charge >= 0.3 is 0 Å². The van der Waals surface area contributed by atoms with Gasteiger partial charge in [0, 0.05) is 0 Å². The lowest BCUT2D eigenvalue weighted by Crippen LogP contribution is -2.46. The van der Waals surface area contributed by atoms with Crippen molar-refractivity contribution in [2.45, 2.75) is 90.4 Å². The van der Waals surface area contributed by atoms with Crippen molar-refractivity contribution >= 4 is 9.84 Å². The first-order valence-electron chi connectivity index (χ1n) is 13.4. The predicted octanol–water partition coefficient (Wildman–Crippen LogP) is 7.70. The SMILES string of the molecule is CC.CC1CCC2C(=CCC3C2CCC2(C)C3CC[C@@H]2CCS(=O)(=O)c2ccccc2)C1. The molecule has 4 aliphatic carbocycles. The Labute approximate surface area is 197 Å². The molecule has 5 rings (SSSR count). The molecule has 2 nitrogen and oxygen atoms in total. The summed E-state index contributed by atoms with van der Waals surface area (Å²) in [4.78, 5) is 0.491. The van der Waals surface area contributed by atoms with Gasteiger partial charge in [0.1, 0.15) is 0 Å². The van der Waals surface area contributed by atoms with E-state index in [1.165, 1.54) is 51.4 Å². The average molecular weight is 457 g/mol. The quantitative estimate of drug-likeness (QED) is 0.435. The molecule has 3 saturated carbocycles. The molecule has 0 heterocycles. The van der Waals surface area contributed by atoms with Crippen LogP contribution in [0.5, 0.6) is 0 Å². The van der Waals surface area contributed by atoms with E-state index in [1.54, 1.807) is 17.7 Å². The van der Waals surface area contributed by atoms with Gasteiger partial charge in [0.15, 0.2) is 9.84 Å². The van der Waals surface area contributed by atoms with Crippen molar-refractivity contribution in [2.24, 2.45) is 40.9 Å². The van der Waals surface area contributed by atoms with Crippen LogP contribution in [0, 0.1) is 40.9 Å². The van der Waals surface area contributed by atoms with Crippen molar-refractivity contribution < 1.29 is 8.42 Å². The molecule has 32 heavy (non-hydrogen) atoms. The first-order valence-corrected chi connectivity index (χ1v) is 15.0. The highest BCUT2D eigenvalue weighted by molar-refractivity contribution is 7.91. The maximum absolute atomic E-state index is 12.9. The van der Waals surface area contributed by atoms with Gasteiger partial charge in [0.25, 0.3) is 0 Å². The van der Waals surface area contributed by atoms with Crippen LogP contribution in [0.25, 0.3) is 0 Å². The maximum Gasteiger partial charge on any atom is 0.178 e. The number of sulfone groups is 1. The number of allylic oxidation sites excluding steroid dienone is 2. The molecule has 1 aromatic rings. The van der Waals surface area contributed by atoms with E-state index in [-0.39, 0.29) is 0 Å². The summed E-state index contributed by atoms with van der Waals surface area (Å²) in [5, 5.41) is 0. The van der Waals surface area contributed by atoms with E-state index in [9.17, 15) is 8.42 Å². The van der Waals surface area contributed by atoms with Gasteiger partial charge in [-0.1, -0.05) is 57.5 Å². The number of rotatable bonds is 4. The molecular weight excluding hydrogens is 412 g/mol. The number of hydrogen-bond acceptors (Lipinski definition) is 2. The second kappa shape index (κ2) is 9.65. The fourth-order valence-electron chi connectivity index (χ4n) is 8.10. The third kappa shape index (κ3) is 4.36. The van der Waals surface area contributed by atoms with E-state index in [4.69, 9.17) is 0 Å². The molecule has 0 radical (unpaired) electrons. The van der Waals surface area contributed by atoms with Crippen molar-refractivity contribution in [1.29, 1.82) is 0 Å². The smallest absolute Gasteiger partial charge is 0.178 e. The molecule has 0 spiro atoms. The van der Waals surface area contributed by atoms with Crippen LogP contribution in [0.1, 0.15) is 85.5 Å². The minimum atomic E-state index is -3.17. The lowest BCUT2D eigenvalue weighted by molar-refractivity contribution is -0.0142. The summed E-state index contributed by atoms with van der Waals surface area (Å²) in [5.41, 5.74) is 2.14. The highest BCUT2D eigenvalue weighted by Gasteiger charge is 2.55. The molecule has 0 N–H and O–H groups in total. The van der Waals surface area contributed by atoms with Crippen LogP contribution in [-0.2, 0) is 9.84 Å². The van der Waals surface area contributed by atoms with Gasteiger partial charge in [0.05, 0.1) is 10.6 Å². The van der Waals surface area contributed by atoms with E-state index in [2.05, 4.69) is 19.9 Å². The first-order chi connectivity index (χ1) is 15.4. The Morgan fingerprint density at radius 2 is 1.72 bits per heavy atom. The normalized spacial score (nSPS) is 38.4. The largest absolute Gasteiger partial charge is 0.224 e. The maximum atomic E-state index is 12.9. The monoisotopic (exact) mass is 456 g/mol. The zero-order valence-electron chi connectivity index (χ0n) is 20.7. The van der Waals surface area contributed by atoms with E-state index >= 15 is 0 Å². The van der Waals surface area contributed by atoms with Gasteiger partial charge in [-0.3, -0.25) is 0 Å². The van der Waals surface area contributed by atoms with Crippen LogP contribution in [0.15, 0.2) is 46.9 Å². The van der Waals surface area contributed by atoms with Gasteiger partial charge in [-0.25, -0.2) is 8.42 Å². The lowest BCUT2D eigenvalue weighted by Gasteiger charge is -2.54. The summed E-state index contributed by atoms with van der Waals surface area (Å²) in [5.74, 6) is 5.17. The third-order valence-electron chi connectivity index (χ3n) is 9.73. The third-order valence-corrected chi connectivity index (χ3v) is 11.5. The molecule has 178 valence electrons. The Morgan fingerprint density at radius 3 is 2.47 bits per heavy atom. The van der Waals surface area contributed by atoms with E-state index in [0.717, 1.165) is 36.0 Å². The topological polar surface area (TPSA) is 34.1 Å². The van der Waals surface area contributed by atoms with Crippen molar-refractivity contribution in [2.75, 3.05) is 5.75 Å². The zero-order chi connectivity index (χ0) is 22.9. The van der Waals surface area contributed by atoms with Gasteiger partial charge in [-0.15, -0.1) is 0 Å². The zero-order valence-corrected chi connectivity index (χ0v) is 21.5. The molecular formula is C29H44O2S. The molecule has 0 aromatic heterocycles. The van der Waals surface area contributed by atoms with E-state index in [0.29, 0.717) is 22.0 Å². The Hall–Kier alpha value is -1.09. The summed E-state index contributed by atoms with van der Waals surface area (Å²) >= 11 is 0. The van der Waals surface area contributed by atoms with E-state index in [1.807, 2.05) is 32.0 Å². The van der Waals surface area contributed by atoms with Crippen LogP contribution in [-0.4, -0.2) is 14.2 Å². The van der Waals surface area contributed by atoms with Crippen LogP contribution >= 0.6 is 0 Å². The summed E-state index contributed by atoms with van der Waals surface area (Å²) in [7, 11) is -3.17. The first kappa shape index (κ1) is 24.0. The highest BCUT2D eigenvalue weighted by atomic mass is 32.2. The fraction of sp³-hybridized carbons (Fsp3) is 0.724. The van der Waals surface area contributed by atoms with Crippen LogP contribution in [0.3, 0.4) is 0 Å². The summed E-state index contributed by atoms with van der Waals surface area (Å²) in [6.07, 6.45) is 14.2. The van der Waals surface area contributed by atoms with Crippen LogP contribution in [0.2, 0.25) is 0 Å². The minimum absolute atomic E-state index is 0.308. The Kier molecular flexibility index (Phi) is 7.25. The Bertz CT molecular complexity index is 902. The molecule has 4 aliphatic rings. The van der Waals surface area contributed by atoms with Gasteiger partial charge < -0.3 is 0 Å². The fourth-order valence-corrected chi connectivity index (χ4v) is 9.50. The number of benzene rings is 1. The molecule has 0 aliphatic heterocycles.